The molecule has 0 aliphatic heterocycles. The van der Waals surface area contributed by atoms with Crippen LogP contribution in [-0.4, -0.2) is 44.0 Å². The number of nitrogens with zero attached hydrogens (tertiary/aromatic N) is 4. The first-order valence-corrected chi connectivity index (χ1v) is 10.8. The molecular weight excluding hydrogens is 408 g/mol. The van der Waals surface area contributed by atoms with E-state index < -0.39 is 5.97 Å². The van der Waals surface area contributed by atoms with E-state index in [-0.39, 0.29) is 12.3 Å². The van der Waals surface area contributed by atoms with Gasteiger partial charge < -0.3 is 9.84 Å². The van der Waals surface area contributed by atoms with Crippen molar-refractivity contribution >= 4 is 5.97 Å². The fourth-order valence-corrected chi connectivity index (χ4v) is 4.17. The Kier molecular flexibility index (Phi) is 7.01. The molecule has 3 aromatic rings. The van der Waals surface area contributed by atoms with Gasteiger partial charge >= 0.3 is 11.7 Å². The minimum absolute atomic E-state index is 0.254. The summed E-state index contributed by atoms with van der Waals surface area (Å²) in [5.41, 5.74) is 2.48. The standard InChI is InChI=1S/C24H26N4O4/c29-21(30)16-32-15-18-10-8-17(9-11-18)14-28-24(31)26-22(20-7-4-12-25-13-20)23(27-28)19-5-2-1-3-6-19/h1-7,12-13,17-18H,8-11,14-16H2,(H,29,30)/t17-,18+. The molecule has 8 heteroatoms. The molecule has 2 heterocycles. The number of carboxylic acids is 1. The van der Waals surface area contributed by atoms with Crippen molar-refractivity contribution in [2.24, 2.45) is 11.8 Å². The average molecular weight is 434 g/mol. The second-order valence-corrected chi connectivity index (χ2v) is 8.18. The topological polar surface area (TPSA) is 107 Å². The van der Waals surface area contributed by atoms with E-state index in [2.05, 4.69) is 9.97 Å². The summed E-state index contributed by atoms with van der Waals surface area (Å²) in [6.07, 6.45) is 7.16. The third-order valence-electron chi connectivity index (χ3n) is 5.83. The van der Waals surface area contributed by atoms with Crippen LogP contribution in [0, 0.1) is 11.8 Å². The highest BCUT2D eigenvalue weighted by molar-refractivity contribution is 5.76. The summed E-state index contributed by atoms with van der Waals surface area (Å²) < 4.78 is 6.73. The van der Waals surface area contributed by atoms with E-state index in [9.17, 15) is 9.59 Å². The number of ether oxygens (including phenoxy) is 1. The van der Waals surface area contributed by atoms with Crippen molar-refractivity contribution in [3.63, 3.8) is 0 Å². The van der Waals surface area contributed by atoms with Crippen LogP contribution in [0.3, 0.4) is 0 Å². The Balaban J connectivity index is 1.52. The van der Waals surface area contributed by atoms with E-state index in [0.29, 0.717) is 36.4 Å². The molecule has 1 fully saturated rings. The van der Waals surface area contributed by atoms with Crippen LogP contribution in [0.4, 0.5) is 0 Å². The molecule has 0 amide bonds. The lowest BCUT2D eigenvalue weighted by Crippen LogP contribution is -2.31. The highest BCUT2D eigenvalue weighted by Crippen LogP contribution is 2.31. The monoisotopic (exact) mass is 434 g/mol. The number of aromatic nitrogens is 4. The van der Waals surface area contributed by atoms with Gasteiger partial charge in [0.1, 0.15) is 18.0 Å². The first kappa shape index (κ1) is 21.8. The van der Waals surface area contributed by atoms with E-state index in [0.717, 1.165) is 36.8 Å². The molecule has 8 nitrogen and oxygen atoms in total. The highest BCUT2D eigenvalue weighted by Gasteiger charge is 2.23. The predicted octanol–water partition coefficient (Wildman–Crippen LogP) is 3.27. The van der Waals surface area contributed by atoms with Gasteiger partial charge in [-0.25, -0.2) is 14.3 Å². The number of hydrogen-bond acceptors (Lipinski definition) is 6. The van der Waals surface area contributed by atoms with Gasteiger partial charge in [0.25, 0.3) is 0 Å². The zero-order chi connectivity index (χ0) is 22.3. The van der Waals surface area contributed by atoms with Gasteiger partial charge in [0.05, 0.1) is 6.61 Å². The summed E-state index contributed by atoms with van der Waals surface area (Å²) in [4.78, 5) is 32.0. The smallest absolute Gasteiger partial charge is 0.364 e. The largest absolute Gasteiger partial charge is 0.480 e. The van der Waals surface area contributed by atoms with Crippen molar-refractivity contribution in [1.82, 2.24) is 19.7 Å². The zero-order valence-corrected chi connectivity index (χ0v) is 17.8. The van der Waals surface area contributed by atoms with Gasteiger partial charge in [0.2, 0.25) is 0 Å². The Hall–Kier alpha value is -3.39. The van der Waals surface area contributed by atoms with E-state index >= 15 is 0 Å². The van der Waals surface area contributed by atoms with Gasteiger partial charge in [-0.15, -0.1) is 0 Å². The molecule has 4 rings (SSSR count). The zero-order valence-electron chi connectivity index (χ0n) is 17.8. The lowest BCUT2D eigenvalue weighted by Gasteiger charge is -2.28. The Labute approximate surface area is 185 Å². The molecule has 1 aliphatic rings. The van der Waals surface area contributed by atoms with Gasteiger partial charge in [-0.1, -0.05) is 30.3 Å². The van der Waals surface area contributed by atoms with Crippen LogP contribution < -0.4 is 5.69 Å². The fourth-order valence-electron chi connectivity index (χ4n) is 4.17. The number of benzene rings is 1. The number of aliphatic carboxylic acids is 1. The molecule has 1 saturated carbocycles. The molecule has 0 unspecified atom stereocenters. The minimum Gasteiger partial charge on any atom is -0.480 e. The quantitative estimate of drug-likeness (QED) is 0.580. The summed E-state index contributed by atoms with van der Waals surface area (Å²) in [5, 5.41) is 13.4. The molecule has 0 spiro atoms. The summed E-state index contributed by atoms with van der Waals surface area (Å²) in [6, 6.07) is 13.4. The summed E-state index contributed by atoms with van der Waals surface area (Å²) in [7, 11) is 0. The van der Waals surface area contributed by atoms with E-state index in [1.807, 2.05) is 42.5 Å². The predicted molar refractivity (Wildman–Crippen MR) is 119 cm³/mol. The maximum absolute atomic E-state index is 12.8. The molecule has 1 N–H and O–H groups in total. The maximum atomic E-state index is 12.8. The molecule has 0 saturated heterocycles. The second-order valence-electron chi connectivity index (χ2n) is 8.18. The number of carbonyl (C=O) groups is 1. The Morgan fingerprint density at radius 2 is 1.72 bits per heavy atom. The third kappa shape index (κ3) is 5.45. The number of pyridine rings is 1. The van der Waals surface area contributed by atoms with Crippen molar-refractivity contribution in [3.8, 4) is 22.5 Å². The molecule has 1 aromatic carbocycles. The van der Waals surface area contributed by atoms with Crippen LogP contribution in [-0.2, 0) is 16.1 Å². The average Bonchev–Trinajstić information content (AvgIpc) is 2.82. The van der Waals surface area contributed by atoms with E-state index in [1.54, 1.807) is 12.4 Å². The van der Waals surface area contributed by atoms with Crippen LogP contribution in [0.5, 0.6) is 0 Å². The lowest BCUT2D eigenvalue weighted by atomic mass is 9.82. The number of carboxylic acid groups (broad SMARTS) is 1. The SMILES string of the molecule is O=C(O)COC[C@H]1CC[C@@H](Cn2nc(-c3ccccc3)c(-c3cccnc3)nc2=O)CC1. The molecule has 0 bridgehead atoms. The number of rotatable bonds is 8. The molecule has 32 heavy (non-hydrogen) atoms. The van der Waals surface area contributed by atoms with Crippen molar-refractivity contribution in [2.75, 3.05) is 13.2 Å². The summed E-state index contributed by atoms with van der Waals surface area (Å²) >= 11 is 0. The summed E-state index contributed by atoms with van der Waals surface area (Å²) in [5.74, 6) is -0.257. The fraction of sp³-hybridized carbons (Fsp3) is 0.375. The van der Waals surface area contributed by atoms with Crippen LogP contribution in [0.1, 0.15) is 25.7 Å². The second kappa shape index (κ2) is 10.3. The van der Waals surface area contributed by atoms with Crippen molar-refractivity contribution in [2.45, 2.75) is 32.2 Å². The van der Waals surface area contributed by atoms with Crippen molar-refractivity contribution in [1.29, 1.82) is 0 Å². The maximum Gasteiger partial charge on any atom is 0.364 e. The normalized spacial score (nSPS) is 18.4. The molecule has 1 aliphatic carbocycles. The van der Waals surface area contributed by atoms with Crippen LogP contribution >= 0.6 is 0 Å². The Bertz CT molecular complexity index is 1090. The number of hydrogen-bond donors (Lipinski definition) is 1. The first-order chi connectivity index (χ1) is 15.6. The van der Waals surface area contributed by atoms with E-state index in [4.69, 9.17) is 14.9 Å². The van der Waals surface area contributed by atoms with E-state index in [1.165, 1.54) is 4.68 Å². The van der Waals surface area contributed by atoms with Crippen LogP contribution in [0.25, 0.3) is 22.5 Å². The van der Waals surface area contributed by atoms with Gasteiger partial charge in [0, 0.05) is 30.1 Å². The molecule has 166 valence electrons. The molecular formula is C24H26N4O4. The van der Waals surface area contributed by atoms with Crippen LogP contribution in [0.15, 0.2) is 59.7 Å². The minimum atomic E-state index is -0.944. The third-order valence-corrected chi connectivity index (χ3v) is 5.83. The molecule has 0 radical (unpaired) electrons. The van der Waals surface area contributed by atoms with Gasteiger partial charge in [-0.05, 0) is 49.7 Å². The van der Waals surface area contributed by atoms with Crippen LogP contribution in [0.2, 0.25) is 0 Å². The van der Waals surface area contributed by atoms with Gasteiger partial charge in [-0.3, -0.25) is 4.98 Å². The molecule has 0 atom stereocenters. The Morgan fingerprint density at radius 1 is 1.00 bits per heavy atom. The Morgan fingerprint density at radius 3 is 2.41 bits per heavy atom. The lowest BCUT2D eigenvalue weighted by molar-refractivity contribution is -0.142. The van der Waals surface area contributed by atoms with Crippen molar-refractivity contribution in [3.05, 3.63) is 65.3 Å². The highest BCUT2D eigenvalue weighted by atomic mass is 16.5. The summed E-state index contributed by atoms with van der Waals surface area (Å²) in [6.45, 7) is 0.731. The van der Waals surface area contributed by atoms with Crippen molar-refractivity contribution < 1.29 is 14.6 Å². The van der Waals surface area contributed by atoms with Gasteiger partial charge in [0.15, 0.2) is 0 Å². The van der Waals surface area contributed by atoms with Gasteiger partial charge in [-0.2, -0.15) is 10.1 Å². The first-order valence-electron chi connectivity index (χ1n) is 10.8. The molecule has 2 aromatic heterocycles.